The molecule has 1 rings (SSSR count). The van der Waals surface area contributed by atoms with Gasteiger partial charge in [0.25, 0.3) is 0 Å². The second-order valence-electron chi connectivity index (χ2n) is 2.93. The lowest BCUT2D eigenvalue weighted by Gasteiger charge is -2.09. The Balaban J connectivity index is 2.95. The fourth-order valence-corrected chi connectivity index (χ4v) is 1.61. The van der Waals surface area contributed by atoms with Gasteiger partial charge >= 0.3 is 0 Å². The Morgan fingerprint density at radius 3 is 2.79 bits per heavy atom. The summed E-state index contributed by atoms with van der Waals surface area (Å²) in [5.74, 6) is 0.302. The number of nitrogens with one attached hydrogen (secondary N) is 1. The summed E-state index contributed by atoms with van der Waals surface area (Å²) in [5, 5.41) is 3.04. The molecule has 0 heterocycles. The van der Waals surface area contributed by atoms with Gasteiger partial charge in [0, 0.05) is 6.07 Å². The Bertz CT molecular complexity index is 317. The normalized spacial score (nSPS) is 10.3. The highest BCUT2D eigenvalue weighted by Crippen LogP contribution is 2.26. The standard InChI is InChI=1S/C10H13BrFNO/c1-13-4-3-7-5-8(11)9(12)6-10(7)14-2/h5-6,13H,3-4H2,1-2H3. The first-order valence-corrected chi connectivity index (χ1v) is 5.15. The average Bonchev–Trinajstić information content (AvgIpc) is 2.19. The van der Waals surface area contributed by atoms with Crippen molar-refractivity contribution in [3.63, 3.8) is 0 Å². The molecule has 0 bridgehead atoms. The van der Waals surface area contributed by atoms with Crippen LogP contribution in [0.1, 0.15) is 5.56 Å². The summed E-state index contributed by atoms with van der Waals surface area (Å²) in [5.41, 5.74) is 0.995. The van der Waals surface area contributed by atoms with Crippen LogP contribution in [0.5, 0.6) is 5.75 Å². The van der Waals surface area contributed by atoms with Gasteiger partial charge in [-0.3, -0.25) is 0 Å². The van der Waals surface area contributed by atoms with Gasteiger partial charge in [-0.2, -0.15) is 0 Å². The summed E-state index contributed by atoms with van der Waals surface area (Å²) < 4.78 is 18.7. The lowest BCUT2D eigenvalue weighted by Crippen LogP contribution is -2.11. The third kappa shape index (κ3) is 2.69. The van der Waals surface area contributed by atoms with Gasteiger partial charge in [-0.05, 0) is 47.6 Å². The minimum atomic E-state index is -0.296. The van der Waals surface area contributed by atoms with E-state index in [1.807, 2.05) is 7.05 Å². The summed E-state index contributed by atoms with van der Waals surface area (Å²) in [6, 6.07) is 3.15. The number of hydrogen-bond acceptors (Lipinski definition) is 2. The van der Waals surface area contributed by atoms with Gasteiger partial charge in [0.2, 0.25) is 0 Å². The first kappa shape index (κ1) is 11.5. The first-order valence-electron chi connectivity index (χ1n) is 4.35. The van der Waals surface area contributed by atoms with E-state index in [1.165, 1.54) is 6.07 Å². The van der Waals surface area contributed by atoms with Crippen LogP contribution in [0, 0.1) is 5.82 Å². The molecule has 0 fully saturated rings. The van der Waals surface area contributed by atoms with Crippen molar-refractivity contribution < 1.29 is 9.13 Å². The number of benzene rings is 1. The summed E-state index contributed by atoms with van der Waals surface area (Å²) >= 11 is 3.15. The highest BCUT2D eigenvalue weighted by molar-refractivity contribution is 9.10. The molecule has 0 unspecified atom stereocenters. The summed E-state index contributed by atoms with van der Waals surface area (Å²) in [6.07, 6.45) is 0.818. The van der Waals surface area contributed by atoms with Gasteiger partial charge in [-0.15, -0.1) is 0 Å². The van der Waals surface area contributed by atoms with Gasteiger partial charge in [-0.1, -0.05) is 0 Å². The third-order valence-electron chi connectivity index (χ3n) is 1.97. The van der Waals surface area contributed by atoms with E-state index in [-0.39, 0.29) is 5.82 Å². The largest absolute Gasteiger partial charge is 0.496 e. The predicted octanol–water partition coefficient (Wildman–Crippen LogP) is 2.36. The predicted molar refractivity (Wildman–Crippen MR) is 58.3 cm³/mol. The maximum absolute atomic E-state index is 13.1. The number of rotatable bonds is 4. The maximum Gasteiger partial charge on any atom is 0.141 e. The Hall–Kier alpha value is -0.610. The van der Waals surface area contributed by atoms with Gasteiger partial charge in [0.15, 0.2) is 0 Å². The minimum Gasteiger partial charge on any atom is -0.496 e. The molecule has 4 heteroatoms. The zero-order valence-corrected chi connectivity index (χ0v) is 9.82. The van der Waals surface area contributed by atoms with Crippen molar-refractivity contribution in [2.75, 3.05) is 20.7 Å². The molecule has 1 aromatic rings. The van der Waals surface area contributed by atoms with Crippen molar-refractivity contribution in [1.82, 2.24) is 5.32 Å². The number of methoxy groups -OCH3 is 1. The zero-order chi connectivity index (χ0) is 10.6. The third-order valence-corrected chi connectivity index (χ3v) is 2.58. The lowest BCUT2D eigenvalue weighted by atomic mass is 10.1. The van der Waals surface area contributed by atoms with Crippen LogP contribution in [0.15, 0.2) is 16.6 Å². The van der Waals surface area contributed by atoms with Gasteiger partial charge < -0.3 is 10.1 Å². The molecule has 1 N–H and O–H groups in total. The van der Waals surface area contributed by atoms with Crippen molar-refractivity contribution in [3.05, 3.63) is 28.0 Å². The molecule has 0 aliphatic carbocycles. The highest BCUT2D eigenvalue weighted by Gasteiger charge is 2.07. The Morgan fingerprint density at radius 1 is 1.50 bits per heavy atom. The number of hydrogen-bond donors (Lipinski definition) is 1. The topological polar surface area (TPSA) is 21.3 Å². The van der Waals surface area contributed by atoms with Crippen LogP contribution in [0.3, 0.4) is 0 Å². The second-order valence-corrected chi connectivity index (χ2v) is 3.79. The van der Waals surface area contributed by atoms with Crippen LogP contribution in [0.25, 0.3) is 0 Å². The molecule has 0 atom stereocenters. The van der Waals surface area contributed by atoms with Crippen molar-refractivity contribution in [2.24, 2.45) is 0 Å². The molecule has 0 aromatic heterocycles. The van der Waals surface area contributed by atoms with Crippen molar-refractivity contribution in [1.29, 1.82) is 0 Å². The molecular formula is C10H13BrFNO. The van der Waals surface area contributed by atoms with Crippen LogP contribution in [-0.2, 0) is 6.42 Å². The second kappa shape index (κ2) is 5.32. The van der Waals surface area contributed by atoms with Crippen LogP contribution in [0.4, 0.5) is 4.39 Å². The van der Waals surface area contributed by atoms with E-state index < -0.39 is 0 Å². The minimum absolute atomic E-state index is 0.296. The quantitative estimate of drug-likeness (QED) is 0.899. The smallest absolute Gasteiger partial charge is 0.141 e. The molecular weight excluding hydrogens is 249 g/mol. The lowest BCUT2D eigenvalue weighted by molar-refractivity contribution is 0.405. The van der Waals surface area contributed by atoms with Crippen molar-refractivity contribution in [2.45, 2.75) is 6.42 Å². The first-order chi connectivity index (χ1) is 6.69. The Kier molecular flexibility index (Phi) is 4.35. The molecule has 78 valence electrons. The maximum atomic E-state index is 13.1. The van der Waals surface area contributed by atoms with E-state index in [4.69, 9.17) is 4.74 Å². The summed E-state index contributed by atoms with van der Waals surface area (Å²) in [6.45, 7) is 0.842. The number of likely N-dealkylation sites (N-methyl/N-ethyl adjacent to an activating group) is 1. The summed E-state index contributed by atoms with van der Waals surface area (Å²) in [7, 11) is 3.43. The number of halogens is 2. The van der Waals surface area contributed by atoms with E-state index >= 15 is 0 Å². The SMILES string of the molecule is CNCCc1cc(Br)c(F)cc1OC. The molecule has 14 heavy (non-hydrogen) atoms. The molecule has 0 aliphatic rings. The van der Waals surface area contributed by atoms with Crippen LogP contribution in [-0.4, -0.2) is 20.7 Å². The van der Waals surface area contributed by atoms with E-state index in [2.05, 4.69) is 21.2 Å². The molecule has 0 saturated heterocycles. The fourth-order valence-electron chi connectivity index (χ4n) is 1.21. The van der Waals surface area contributed by atoms with E-state index in [0.29, 0.717) is 10.2 Å². The number of ether oxygens (including phenoxy) is 1. The van der Waals surface area contributed by atoms with Crippen molar-refractivity contribution in [3.8, 4) is 5.75 Å². The molecule has 0 spiro atoms. The molecule has 0 amide bonds. The van der Waals surface area contributed by atoms with Crippen LogP contribution < -0.4 is 10.1 Å². The fraction of sp³-hybridized carbons (Fsp3) is 0.400. The summed E-state index contributed by atoms with van der Waals surface area (Å²) in [4.78, 5) is 0. The molecule has 0 aliphatic heterocycles. The van der Waals surface area contributed by atoms with Crippen LogP contribution in [0.2, 0.25) is 0 Å². The highest BCUT2D eigenvalue weighted by atomic mass is 79.9. The van der Waals surface area contributed by atoms with Gasteiger partial charge in [0.05, 0.1) is 11.6 Å². The van der Waals surface area contributed by atoms with Crippen LogP contribution >= 0.6 is 15.9 Å². The van der Waals surface area contributed by atoms with E-state index in [0.717, 1.165) is 18.5 Å². The average molecular weight is 262 g/mol. The van der Waals surface area contributed by atoms with E-state index in [9.17, 15) is 4.39 Å². The van der Waals surface area contributed by atoms with Gasteiger partial charge in [-0.25, -0.2) is 4.39 Å². The molecule has 0 radical (unpaired) electrons. The Morgan fingerprint density at radius 2 is 2.21 bits per heavy atom. The zero-order valence-electron chi connectivity index (χ0n) is 8.23. The van der Waals surface area contributed by atoms with Gasteiger partial charge in [0.1, 0.15) is 11.6 Å². The monoisotopic (exact) mass is 261 g/mol. The molecule has 2 nitrogen and oxygen atoms in total. The molecule has 0 saturated carbocycles. The molecule has 1 aromatic carbocycles. The van der Waals surface area contributed by atoms with Crippen molar-refractivity contribution >= 4 is 15.9 Å². The van der Waals surface area contributed by atoms with E-state index in [1.54, 1.807) is 13.2 Å². The Labute approximate surface area is 91.6 Å².